The number of nitrogens with zero attached hydrogens (tertiary/aromatic N) is 2. The molecule has 2 aromatic rings. The average molecular weight is 338 g/mol. The Morgan fingerprint density at radius 1 is 1.40 bits per heavy atom. The molecule has 2 N–H and O–H groups in total. The number of para-hydroxylation sites is 1. The molecule has 1 aromatic carbocycles. The largest absolute Gasteiger partial charge is 0.431 e. The molecule has 104 valence electrons. The van der Waals surface area contributed by atoms with E-state index < -0.39 is 4.92 Å². The molecular formula is C13H12BrN3O3. The highest BCUT2D eigenvalue weighted by Gasteiger charge is 2.19. The summed E-state index contributed by atoms with van der Waals surface area (Å²) in [5, 5.41) is 11.0. The van der Waals surface area contributed by atoms with Crippen LogP contribution in [0.1, 0.15) is 18.5 Å². The van der Waals surface area contributed by atoms with Crippen LogP contribution in [0, 0.1) is 10.1 Å². The summed E-state index contributed by atoms with van der Waals surface area (Å²) in [6.45, 7) is 1.84. The standard InChI is InChI=1S/C13H12BrN3O3/c1-8(15)9-5-6-12(16-7-9)20-13-10(14)3-2-4-11(13)17(18)19/h2-8H,15H2,1H3. The molecule has 20 heavy (non-hydrogen) atoms. The molecule has 0 amide bonds. The second-order valence-electron chi connectivity index (χ2n) is 4.17. The van der Waals surface area contributed by atoms with Gasteiger partial charge in [0.2, 0.25) is 11.6 Å². The SMILES string of the molecule is CC(N)c1ccc(Oc2c(Br)cccc2[N+](=O)[O-])nc1. The maximum atomic E-state index is 11.0. The maximum absolute atomic E-state index is 11.0. The van der Waals surface area contributed by atoms with E-state index in [9.17, 15) is 10.1 Å². The molecule has 7 heteroatoms. The molecule has 0 aliphatic heterocycles. The Morgan fingerprint density at radius 2 is 2.15 bits per heavy atom. The second kappa shape index (κ2) is 5.98. The molecule has 1 heterocycles. The van der Waals surface area contributed by atoms with E-state index >= 15 is 0 Å². The van der Waals surface area contributed by atoms with Crippen molar-refractivity contribution in [3.8, 4) is 11.6 Å². The van der Waals surface area contributed by atoms with Crippen LogP contribution in [-0.2, 0) is 0 Å². The Labute approximate surface area is 123 Å². The average Bonchev–Trinajstić information content (AvgIpc) is 2.41. The van der Waals surface area contributed by atoms with E-state index in [1.165, 1.54) is 6.07 Å². The summed E-state index contributed by atoms with van der Waals surface area (Å²) in [7, 11) is 0. The van der Waals surface area contributed by atoms with Crippen molar-refractivity contribution in [3.63, 3.8) is 0 Å². The van der Waals surface area contributed by atoms with Gasteiger partial charge in [0.25, 0.3) is 0 Å². The van der Waals surface area contributed by atoms with Gasteiger partial charge in [0.1, 0.15) is 0 Å². The Kier molecular flexibility index (Phi) is 4.31. The maximum Gasteiger partial charge on any atom is 0.312 e. The summed E-state index contributed by atoms with van der Waals surface area (Å²) in [5.74, 6) is 0.392. The van der Waals surface area contributed by atoms with Crippen molar-refractivity contribution in [1.29, 1.82) is 0 Å². The third-order valence-electron chi connectivity index (χ3n) is 2.63. The highest BCUT2D eigenvalue weighted by atomic mass is 79.9. The fourth-order valence-electron chi connectivity index (χ4n) is 1.57. The fraction of sp³-hybridized carbons (Fsp3) is 0.154. The quantitative estimate of drug-likeness (QED) is 0.680. The second-order valence-corrected chi connectivity index (χ2v) is 5.02. The molecule has 1 atom stereocenters. The molecule has 1 aromatic heterocycles. The van der Waals surface area contributed by atoms with Gasteiger partial charge in [0.15, 0.2) is 0 Å². The van der Waals surface area contributed by atoms with Gasteiger partial charge in [0.05, 0.1) is 9.40 Å². The minimum Gasteiger partial charge on any atom is -0.431 e. The van der Waals surface area contributed by atoms with E-state index in [1.54, 1.807) is 30.5 Å². The van der Waals surface area contributed by atoms with Crippen LogP contribution in [0.4, 0.5) is 5.69 Å². The first kappa shape index (κ1) is 14.4. The molecule has 0 radical (unpaired) electrons. The van der Waals surface area contributed by atoms with E-state index in [-0.39, 0.29) is 23.4 Å². The molecular weight excluding hydrogens is 326 g/mol. The van der Waals surface area contributed by atoms with Crippen molar-refractivity contribution >= 4 is 21.6 Å². The predicted molar refractivity (Wildman–Crippen MR) is 77.7 cm³/mol. The monoisotopic (exact) mass is 337 g/mol. The van der Waals surface area contributed by atoms with Gasteiger partial charge in [-0.05, 0) is 34.5 Å². The van der Waals surface area contributed by atoms with Crippen LogP contribution in [0.25, 0.3) is 0 Å². The number of hydrogen-bond acceptors (Lipinski definition) is 5. The molecule has 0 aliphatic carbocycles. The fourth-order valence-corrected chi connectivity index (χ4v) is 2.00. The van der Waals surface area contributed by atoms with Crippen molar-refractivity contribution in [3.05, 3.63) is 56.7 Å². The summed E-state index contributed by atoms with van der Waals surface area (Å²) in [6.07, 6.45) is 1.59. The lowest BCUT2D eigenvalue weighted by molar-refractivity contribution is -0.385. The number of nitrogens with two attached hydrogens (primary N) is 1. The predicted octanol–water partition coefficient (Wildman–Crippen LogP) is 3.56. The van der Waals surface area contributed by atoms with Crippen LogP contribution in [0.5, 0.6) is 11.6 Å². The van der Waals surface area contributed by atoms with Gasteiger partial charge in [-0.25, -0.2) is 4.98 Å². The van der Waals surface area contributed by atoms with E-state index in [0.29, 0.717) is 4.47 Å². The van der Waals surface area contributed by atoms with Crippen LogP contribution >= 0.6 is 15.9 Å². The Morgan fingerprint density at radius 3 is 2.70 bits per heavy atom. The summed E-state index contributed by atoms with van der Waals surface area (Å²) in [6, 6.07) is 7.88. The van der Waals surface area contributed by atoms with E-state index in [2.05, 4.69) is 20.9 Å². The number of nitro benzene ring substituents is 1. The highest BCUT2D eigenvalue weighted by Crippen LogP contribution is 2.37. The van der Waals surface area contributed by atoms with Gasteiger partial charge in [-0.3, -0.25) is 10.1 Å². The Bertz CT molecular complexity index is 629. The first-order chi connectivity index (χ1) is 9.49. The topological polar surface area (TPSA) is 91.3 Å². The van der Waals surface area contributed by atoms with Crippen LogP contribution < -0.4 is 10.5 Å². The molecule has 0 saturated heterocycles. The zero-order chi connectivity index (χ0) is 14.7. The van der Waals surface area contributed by atoms with Gasteiger partial charge in [-0.15, -0.1) is 0 Å². The van der Waals surface area contributed by atoms with Crippen molar-refractivity contribution in [2.75, 3.05) is 0 Å². The van der Waals surface area contributed by atoms with Crippen molar-refractivity contribution in [2.24, 2.45) is 5.73 Å². The molecule has 0 fully saturated rings. The molecule has 1 unspecified atom stereocenters. The van der Waals surface area contributed by atoms with E-state index in [0.717, 1.165) is 5.56 Å². The summed E-state index contributed by atoms with van der Waals surface area (Å²) < 4.78 is 5.99. The molecule has 6 nitrogen and oxygen atoms in total. The van der Waals surface area contributed by atoms with Gasteiger partial charge >= 0.3 is 5.69 Å². The van der Waals surface area contributed by atoms with Crippen molar-refractivity contribution < 1.29 is 9.66 Å². The first-order valence-electron chi connectivity index (χ1n) is 5.81. The summed E-state index contributed by atoms with van der Waals surface area (Å²) in [4.78, 5) is 14.6. The zero-order valence-electron chi connectivity index (χ0n) is 10.6. The number of halogens is 1. The lowest BCUT2D eigenvalue weighted by Gasteiger charge is -2.09. The van der Waals surface area contributed by atoms with Crippen LogP contribution in [0.15, 0.2) is 41.0 Å². The number of pyridine rings is 1. The number of nitro groups is 1. The molecule has 0 bridgehead atoms. The highest BCUT2D eigenvalue weighted by molar-refractivity contribution is 9.10. The lowest BCUT2D eigenvalue weighted by Crippen LogP contribution is -2.05. The van der Waals surface area contributed by atoms with Gasteiger partial charge in [0, 0.05) is 24.4 Å². The zero-order valence-corrected chi connectivity index (χ0v) is 12.2. The smallest absolute Gasteiger partial charge is 0.312 e. The minimum absolute atomic E-state index is 0.124. The van der Waals surface area contributed by atoms with Crippen LogP contribution in [0.3, 0.4) is 0 Å². The molecule has 0 aliphatic rings. The normalized spacial score (nSPS) is 11.9. The Balaban J connectivity index is 2.32. The van der Waals surface area contributed by atoms with Crippen LogP contribution in [-0.4, -0.2) is 9.91 Å². The number of rotatable bonds is 4. The molecule has 0 saturated carbocycles. The van der Waals surface area contributed by atoms with Crippen molar-refractivity contribution in [2.45, 2.75) is 13.0 Å². The molecule has 0 spiro atoms. The number of ether oxygens (including phenoxy) is 1. The summed E-state index contributed by atoms with van der Waals surface area (Å²) in [5.41, 5.74) is 6.46. The first-order valence-corrected chi connectivity index (χ1v) is 6.60. The van der Waals surface area contributed by atoms with Crippen LogP contribution in [0.2, 0.25) is 0 Å². The van der Waals surface area contributed by atoms with E-state index in [4.69, 9.17) is 10.5 Å². The third kappa shape index (κ3) is 3.12. The Hall–Kier alpha value is -1.99. The number of aromatic nitrogens is 1. The number of benzene rings is 1. The van der Waals surface area contributed by atoms with Gasteiger partial charge in [-0.1, -0.05) is 12.1 Å². The lowest BCUT2D eigenvalue weighted by atomic mass is 10.2. The number of hydrogen-bond donors (Lipinski definition) is 1. The van der Waals surface area contributed by atoms with Gasteiger partial charge in [-0.2, -0.15) is 0 Å². The molecule has 2 rings (SSSR count). The van der Waals surface area contributed by atoms with Gasteiger partial charge < -0.3 is 10.5 Å². The minimum atomic E-state index is -0.504. The third-order valence-corrected chi connectivity index (χ3v) is 3.26. The van der Waals surface area contributed by atoms with E-state index in [1.807, 2.05) is 6.92 Å². The van der Waals surface area contributed by atoms with Crippen molar-refractivity contribution in [1.82, 2.24) is 4.98 Å². The summed E-state index contributed by atoms with van der Waals surface area (Å²) >= 11 is 3.23.